The Hall–Kier alpha value is -1.36. The van der Waals surface area contributed by atoms with Gasteiger partial charge in [0, 0.05) is 13.6 Å². The van der Waals surface area contributed by atoms with Gasteiger partial charge < -0.3 is 15.0 Å². The second kappa shape index (κ2) is 4.93. The van der Waals surface area contributed by atoms with Crippen LogP contribution in [0.25, 0.3) is 0 Å². The molecule has 5 heteroatoms. The van der Waals surface area contributed by atoms with Gasteiger partial charge in [-0.15, -0.1) is 0 Å². The molecule has 1 atom stereocenters. The Bertz CT molecular complexity index is 333. The topological polar surface area (TPSA) is 67.2 Å². The van der Waals surface area contributed by atoms with Crippen LogP contribution < -0.4 is 5.32 Å². The van der Waals surface area contributed by atoms with Gasteiger partial charge in [-0.05, 0) is 5.92 Å². The molecule has 0 aliphatic rings. The maximum Gasteiger partial charge on any atom is 0.269 e. The van der Waals surface area contributed by atoms with Crippen LogP contribution in [0.4, 0.5) is 0 Å². The fraction of sp³-hybridized carbons (Fsp3) is 0.600. The number of hydrogen-bond acceptors (Lipinski definition) is 3. The van der Waals surface area contributed by atoms with Gasteiger partial charge in [-0.25, -0.2) is 4.98 Å². The van der Waals surface area contributed by atoms with E-state index in [-0.39, 0.29) is 18.4 Å². The molecule has 0 spiro atoms. The Morgan fingerprint density at radius 1 is 1.67 bits per heavy atom. The third-order valence-corrected chi connectivity index (χ3v) is 2.29. The number of aliphatic hydroxyl groups is 1. The van der Waals surface area contributed by atoms with Gasteiger partial charge in [0.1, 0.15) is 5.69 Å². The molecule has 1 unspecified atom stereocenters. The van der Waals surface area contributed by atoms with E-state index in [1.165, 1.54) is 6.20 Å². The summed E-state index contributed by atoms with van der Waals surface area (Å²) in [4.78, 5) is 15.4. The molecule has 1 rings (SSSR count). The first-order chi connectivity index (χ1) is 7.02. The van der Waals surface area contributed by atoms with E-state index in [9.17, 15) is 9.90 Å². The molecule has 0 saturated heterocycles. The van der Waals surface area contributed by atoms with E-state index in [1.807, 2.05) is 13.8 Å². The molecule has 2 N–H and O–H groups in total. The smallest absolute Gasteiger partial charge is 0.269 e. The highest BCUT2D eigenvalue weighted by molar-refractivity contribution is 5.92. The Morgan fingerprint density at radius 2 is 2.33 bits per heavy atom. The second-order valence-electron chi connectivity index (χ2n) is 3.91. The molecule has 1 aromatic rings. The summed E-state index contributed by atoms with van der Waals surface area (Å²) < 4.78 is 1.64. The van der Waals surface area contributed by atoms with Crippen molar-refractivity contribution in [3.05, 3.63) is 18.2 Å². The standard InChI is InChI=1S/C10H17N3O2/c1-7(2)9(14)5-12-10(15)8-4-11-6-13(8)3/h4,6-7,9,14H,5H2,1-3H3,(H,12,15). The number of aromatic nitrogens is 2. The maximum absolute atomic E-state index is 11.6. The summed E-state index contributed by atoms with van der Waals surface area (Å²) in [6, 6.07) is 0. The van der Waals surface area contributed by atoms with E-state index in [2.05, 4.69) is 10.3 Å². The zero-order valence-electron chi connectivity index (χ0n) is 9.27. The highest BCUT2D eigenvalue weighted by atomic mass is 16.3. The quantitative estimate of drug-likeness (QED) is 0.746. The average Bonchev–Trinajstić information content (AvgIpc) is 2.60. The lowest BCUT2D eigenvalue weighted by Crippen LogP contribution is -2.35. The first-order valence-electron chi connectivity index (χ1n) is 4.95. The van der Waals surface area contributed by atoms with Crippen molar-refractivity contribution in [3.63, 3.8) is 0 Å². The van der Waals surface area contributed by atoms with Crippen LogP contribution >= 0.6 is 0 Å². The molecule has 0 aliphatic carbocycles. The van der Waals surface area contributed by atoms with Crippen LogP contribution in [0, 0.1) is 5.92 Å². The summed E-state index contributed by atoms with van der Waals surface area (Å²) in [5.41, 5.74) is 0.492. The fourth-order valence-corrected chi connectivity index (χ4v) is 1.10. The lowest BCUT2D eigenvalue weighted by Gasteiger charge is -2.14. The third kappa shape index (κ3) is 3.06. The van der Waals surface area contributed by atoms with Crippen molar-refractivity contribution in [2.75, 3.05) is 6.54 Å². The Morgan fingerprint density at radius 3 is 2.80 bits per heavy atom. The summed E-state index contributed by atoms with van der Waals surface area (Å²) in [6.45, 7) is 4.07. The largest absolute Gasteiger partial charge is 0.391 e. The number of imidazole rings is 1. The molecule has 0 bridgehead atoms. The number of aliphatic hydroxyl groups excluding tert-OH is 1. The minimum Gasteiger partial charge on any atom is -0.391 e. The minimum atomic E-state index is -0.512. The summed E-state index contributed by atoms with van der Waals surface area (Å²) in [7, 11) is 1.75. The molecule has 0 fully saturated rings. The number of amides is 1. The van der Waals surface area contributed by atoms with Crippen LogP contribution in [0.1, 0.15) is 24.3 Å². The summed E-state index contributed by atoms with van der Waals surface area (Å²) in [6.07, 6.45) is 2.55. The molecular formula is C10H17N3O2. The molecule has 0 aliphatic heterocycles. The number of hydrogen-bond donors (Lipinski definition) is 2. The van der Waals surface area contributed by atoms with E-state index in [1.54, 1.807) is 17.9 Å². The van der Waals surface area contributed by atoms with Crippen molar-refractivity contribution in [1.82, 2.24) is 14.9 Å². The maximum atomic E-state index is 11.6. The van der Waals surface area contributed by atoms with Crippen LogP contribution in [0.2, 0.25) is 0 Å². The van der Waals surface area contributed by atoms with Gasteiger partial charge in [-0.3, -0.25) is 4.79 Å². The van der Waals surface area contributed by atoms with Crippen LogP contribution in [0.3, 0.4) is 0 Å². The minimum absolute atomic E-state index is 0.136. The number of rotatable bonds is 4. The summed E-state index contributed by atoms with van der Waals surface area (Å²) in [5.74, 6) is -0.0773. The predicted molar refractivity (Wildman–Crippen MR) is 56.4 cm³/mol. The van der Waals surface area contributed by atoms with E-state index in [0.717, 1.165) is 0 Å². The van der Waals surface area contributed by atoms with Gasteiger partial charge in [0.15, 0.2) is 0 Å². The van der Waals surface area contributed by atoms with Crippen molar-refractivity contribution in [1.29, 1.82) is 0 Å². The molecule has 0 saturated carbocycles. The van der Waals surface area contributed by atoms with E-state index in [4.69, 9.17) is 0 Å². The summed E-state index contributed by atoms with van der Waals surface area (Å²) in [5, 5.41) is 12.2. The monoisotopic (exact) mass is 211 g/mol. The molecule has 1 amide bonds. The highest BCUT2D eigenvalue weighted by Crippen LogP contribution is 2.00. The zero-order valence-corrected chi connectivity index (χ0v) is 9.27. The van der Waals surface area contributed by atoms with Gasteiger partial charge >= 0.3 is 0 Å². The number of aryl methyl sites for hydroxylation is 1. The molecule has 84 valence electrons. The van der Waals surface area contributed by atoms with Gasteiger partial charge in [-0.1, -0.05) is 13.8 Å². The Kier molecular flexibility index (Phi) is 3.85. The van der Waals surface area contributed by atoms with Gasteiger partial charge in [0.2, 0.25) is 0 Å². The zero-order chi connectivity index (χ0) is 11.4. The van der Waals surface area contributed by atoms with Crippen LogP contribution in [0.15, 0.2) is 12.5 Å². The van der Waals surface area contributed by atoms with Gasteiger partial charge in [-0.2, -0.15) is 0 Å². The Balaban J connectivity index is 2.47. The lowest BCUT2D eigenvalue weighted by atomic mass is 10.1. The summed E-state index contributed by atoms with van der Waals surface area (Å²) >= 11 is 0. The molecule has 5 nitrogen and oxygen atoms in total. The van der Waals surface area contributed by atoms with Crippen molar-refractivity contribution in [2.45, 2.75) is 20.0 Å². The Labute approximate surface area is 89.1 Å². The fourth-order valence-electron chi connectivity index (χ4n) is 1.10. The molecule has 0 aromatic carbocycles. The molecule has 0 radical (unpaired) electrons. The number of nitrogens with zero attached hydrogens (tertiary/aromatic N) is 2. The first-order valence-corrected chi connectivity index (χ1v) is 4.95. The van der Waals surface area contributed by atoms with Crippen molar-refractivity contribution < 1.29 is 9.90 Å². The van der Waals surface area contributed by atoms with Crippen LogP contribution in [-0.4, -0.2) is 33.2 Å². The molecule has 1 heterocycles. The van der Waals surface area contributed by atoms with Gasteiger partial charge in [0.25, 0.3) is 5.91 Å². The third-order valence-electron chi connectivity index (χ3n) is 2.29. The van der Waals surface area contributed by atoms with E-state index in [0.29, 0.717) is 5.69 Å². The average molecular weight is 211 g/mol. The predicted octanol–water partition coefficient (Wildman–Crippen LogP) is 0.167. The number of carbonyl (C=O) groups excluding carboxylic acids is 1. The number of nitrogens with one attached hydrogen (secondary N) is 1. The van der Waals surface area contributed by atoms with Crippen molar-refractivity contribution >= 4 is 5.91 Å². The van der Waals surface area contributed by atoms with Crippen LogP contribution in [-0.2, 0) is 7.05 Å². The number of carbonyl (C=O) groups is 1. The van der Waals surface area contributed by atoms with E-state index < -0.39 is 6.10 Å². The van der Waals surface area contributed by atoms with Crippen molar-refractivity contribution in [2.24, 2.45) is 13.0 Å². The first kappa shape index (κ1) is 11.7. The van der Waals surface area contributed by atoms with E-state index >= 15 is 0 Å². The molecule has 1 aromatic heterocycles. The van der Waals surface area contributed by atoms with Crippen LogP contribution in [0.5, 0.6) is 0 Å². The lowest BCUT2D eigenvalue weighted by molar-refractivity contribution is 0.0864. The second-order valence-corrected chi connectivity index (χ2v) is 3.91. The normalized spacial score (nSPS) is 12.9. The van der Waals surface area contributed by atoms with Crippen molar-refractivity contribution in [3.8, 4) is 0 Å². The molecule has 15 heavy (non-hydrogen) atoms. The molecular weight excluding hydrogens is 194 g/mol. The SMILES string of the molecule is CC(C)C(O)CNC(=O)c1cncn1C. The van der Waals surface area contributed by atoms with Gasteiger partial charge in [0.05, 0.1) is 18.6 Å². The highest BCUT2D eigenvalue weighted by Gasteiger charge is 2.13.